The number of carbonyl (C=O) groups is 2. The van der Waals surface area contributed by atoms with E-state index >= 15 is 0 Å². The fourth-order valence-corrected chi connectivity index (χ4v) is 1.30. The molecule has 0 saturated carbocycles. The Balaban J connectivity index is 3.55. The first kappa shape index (κ1) is 15.9. The van der Waals surface area contributed by atoms with Crippen molar-refractivity contribution in [3.63, 3.8) is 0 Å². The molecule has 0 aliphatic rings. The highest BCUT2D eigenvalue weighted by atomic mass is 16.5. The third kappa shape index (κ3) is 9.81. The van der Waals surface area contributed by atoms with Crippen LogP contribution in [0.25, 0.3) is 0 Å². The molecule has 1 amide bonds. The molecule has 100 valence electrons. The van der Waals surface area contributed by atoms with E-state index in [1.165, 1.54) is 0 Å². The molecule has 0 aromatic rings. The van der Waals surface area contributed by atoms with Crippen LogP contribution in [0.2, 0.25) is 0 Å². The Morgan fingerprint density at radius 1 is 1.24 bits per heavy atom. The van der Waals surface area contributed by atoms with E-state index in [0.717, 1.165) is 19.4 Å². The fourth-order valence-electron chi connectivity index (χ4n) is 1.30. The molecule has 0 bridgehead atoms. The normalized spacial score (nSPS) is 10.4. The smallest absolute Gasteiger partial charge is 0.325 e. The second-order valence-corrected chi connectivity index (χ2v) is 3.99. The topological polar surface area (TPSA) is 58.6 Å². The van der Waals surface area contributed by atoms with E-state index in [1.54, 1.807) is 6.92 Å². The summed E-state index contributed by atoms with van der Waals surface area (Å²) in [6.45, 7) is 5.90. The average molecular weight is 244 g/mol. The van der Waals surface area contributed by atoms with Gasteiger partial charge in [0.05, 0.1) is 6.61 Å². The Morgan fingerprint density at radius 2 is 1.94 bits per heavy atom. The molecule has 0 aliphatic carbocycles. The second kappa shape index (κ2) is 10.1. The summed E-state index contributed by atoms with van der Waals surface area (Å²) in [6, 6.07) is 0. The fraction of sp³-hybridized carbons (Fsp3) is 0.833. The van der Waals surface area contributed by atoms with Crippen LogP contribution >= 0.6 is 0 Å². The molecule has 17 heavy (non-hydrogen) atoms. The van der Waals surface area contributed by atoms with Gasteiger partial charge < -0.3 is 15.0 Å². The van der Waals surface area contributed by atoms with Crippen molar-refractivity contribution in [1.29, 1.82) is 0 Å². The molecule has 0 saturated heterocycles. The maximum Gasteiger partial charge on any atom is 0.325 e. The first-order chi connectivity index (χ1) is 8.10. The van der Waals surface area contributed by atoms with Crippen LogP contribution in [0.1, 0.15) is 33.1 Å². The van der Waals surface area contributed by atoms with Crippen LogP contribution in [-0.2, 0) is 14.3 Å². The number of unbranched alkanes of at least 4 members (excludes halogenated alkanes) is 1. The summed E-state index contributed by atoms with van der Waals surface area (Å²) in [7, 11) is 1.99. The van der Waals surface area contributed by atoms with Crippen LogP contribution in [0, 0.1) is 0 Å². The Morgan fingerprint density at radius 3 is 2.53 bits per heavy atom. The first-order valence-corrected chi connectivity index (χ1v) is 6.21. The number of ether oxygens (including phenoxy) is 1. The molecule has 0 aromatic heterocycles. The number of rotatable bonds is 9. The minimum atomic E-state index is -0.389. The number of hydrogen-bond donors (Lipinski definition) is 1. The van der Waals surface area contributed by atoms with Gasteiger partial charge in [-0.2, -0.15) is 0 Å². The van der Waals surface area contributed by atoms with Crippen molar-refractivity contribution in [3.8, 4) is 0 Å². The van der Waals surface area contributed by atoms with Gasteiger partial charge in [0.25, 0.3) is 0 Å². The number of nitrogens with one attached hydrogen (secondary N) is 1. The summed E-state index contributed by atoms with van der Waals surface area (Å²) >= 11 is 0. The number of esters is 1. The van der Waals surface area contributed by atoms with Crippen LogP contribution in [0.4, 0.5) is 0 Å². The lowest BCUT2D eigenvalue weighted by atomic mass is 10.3. The summed E-state index contributed by atoms with van der Waals surface area (Å²) < 4.78 is 4.71. The van der Waals surface area contributed by atoms with Crippen molar-refractivity contribution < 1.29 is 14.3 Å². The number of hydrogen-bond acceptors (Lipinski definition) is 4. The highest BCUT2D eigenvalue weighted by Gasteiger charge is 2.07. The van der Waals surface area contributed by atoms with Crippen molar-refractivity contribution in [1.82, 2.24) is 10.2 Å². The Bertz CT molecular complexity index is 232. The predicted molar refractivity (Wildman–Crippen MR) is 66.7 cm³/mol. The van der Waals surface area contributed by atoms with Crippen LogP contribution < -0.4 is 5.32 Å². The van der Waals surface area contributed by atoms with E-state index in [9.17, 15) is 9.59 Å². The van der Waals surface area contributed by atoms with Gasteiger partial charge in [-0.05, 0) is 26.9 Å². The summed E-state index contributed by atoms with van der Waals surface area (Å²) in [5, 5.41) is 2.54. The number of amides is 1. The highest BCUT2D eigenvalue weighted by Crippen LogP contribution is 1.93. The van der Waals surface area contributed by atoms with E-state index in [0.29, 0.717) is 19.6 Å². The Labute approximate surface area is 103 Å². The molecule has 0 aliphatic heterocycles. The molecule has 1 N–H and O–H groups in total. The van der Waals surface area contributed by atoms with E-state index in [4.69, 9.17) is 4.74 Å². The van der Waals surface area contributed by atoms with E-state index in [2.05, 4.69) is 17.1 Å². The lowest BCUT2D eigenvalue weighted by molar-refractivity contribution is -0.143. The maximum absolute atomic E-state index is 11.4. The molecule has 0 unspecified atom stereocenters. The summed E-state index contributed by atoms with van der Waals surface area (Å²) in [5.41, 5.74) is 0. The summed E-state index contributed by atoms with van der Waals surface area (Å²) in [4.78, 5) is 24.5. The van der Waals surface area contributed by atoms with Crippen LogP contribution in [0.15, 0.2) is 0 Å². The molecule has 5 heteroatoms. The molecule has 0 rings (SSSR count). The van der Waals surface area contributed by atoms with Gasteiger partial charge in [-0.3, -0.25) is 9.59 Å². The zero-order valence-corrected chi connectivity index (χ0v) is 11.1. The highest BCUT2D eigenvalue weighted by molar-refractivity contribution is 5.81. The Hall–Kier alpha value is -1.10. The number of carbonyl (C=O) groups excluding carboxylic acids is 2. The molecule has 0 fully saturated rings. The van der Waals surface area contributed by atoms with Gasteiger partial charge in [0.15, 0.2) is 0 Å². The van der Waals surface area contributed by atoms with Crippen LogP contribution in [-0.4, -0.2) is 50.1 Å². The molecule has 0 heterocycles. The molecule has 0 aromatic carbocycles. The summed E-state index contributed by atoms with van der Waals surface area (Å²) in [5.74, 6) is -0.499. The predicted octanol–water partition coefficient (Wildman–Crippen LogP) is 0.788. The van der Waals surface area contributed by atoms with Gasteiger partial charge >= 0.3 is 5.97 Å². The number of nitrogens with zero attached hydrogens (tertiary/aromatic N) is 1. The first-order valence-electron chi connectivity index (χ1n) is 6.21. The third-order valence-electron chi connectivity index (χ3n) is 2.35. The van der Waals surface area contributed by atoms with Crippen molar-refractivity contribution >= 4 is 11.9 Å². The van der Waals surface area contributed by atoms with Crippen LogP contribution in [0.3, 0.4) is 0 Å². The van der Waals surface area contributed by atoms with E-state index in [1.807, 2.05) is 7.05 Å². The van der Waals surface area contributed by atoms with Gasteiger partial charge in [0.2, 0.25) is 5.91 Å². The minimum Gasteiger partial charge on any atom is -0.465 e. The van der Waals surface area contributed by atoms with Crippen molar-refractivity contribution in [2.45, 2.75) is 33.1 Å². The largest absolute Gasteiger partial charge is 0.465 e. The average Bonchev–Trinajstić information content (AvgIpc) is 2.31. The quantitative estimate of drug-likeness (QED) is 0.609. The zero-order valence-electron chi connectivity index (χ0n) is 11.1. The van der Waals surface area contributed by atoms with Crippen LogP contribution in [0.5, 0.6) is 0 Å². The monoisotopic (exact) mass is 244 g/mol. The lowest BCUT2D eigenvalue weighted by Gasteiger charge is -2.15. The third-order valence-corrected chi connectivity index (χ3v) is 2.35. The van der Waals surface area contributed by atoms with Crippen molar-refractivity contribution in [2.75, 3.05) is 33.3 Å². The van der Waals surface area contributed by atoms with Gasteiger partial charge in [-0.15, -0.1) is 0 Å². The van der Waals surface area contributed by atoms with Gasteiger partial charge in [-0.25, -0.2) is 0 Å². The SMILES string of the molecule is CCCCN(C)CCC(=O)NCC(=O)OCC. The van der Waals surface area contributed by atoms with E-state index < -0.39 is 0 Å². The minimum absolute atomic E-state index is 0.0364. The van der Waals surface area contributed by atoms with Gasteiger partial charge in [-0.1, -0.05) is 13.3 Å². The molecule has 0 radical (unpaired) electrons. The lowest BCUT2D eigenvalue weighted by Crippen LogP contribution is -2.33. The standard InChI is InChI=1S/C12H24N2O3/c1-4-6-8-14(3)9-7-11(15)13-10-12(16)17-5-2/h4-10H2,1-3H3,(H,13,15). The maximum atomic E-state index is 11.4. The van der Waals surface area contributed by atoms with E-state index in [-0.39, 0.29) is 18.4 Å². The Kier molecular flexibility index (Phi) is 9.43. The molecule has 0 spiro atoms. The van der Waals surface area contributed by atoms with Crippen molar-refractivity contribution in [2.24, 2.45) is 0 Å². The second-order valence-electron chi connectivity index (χ2n) is 3.99. The molecule has 5 nitrogen and oxygen atoms in total. The molecule has 0 atom stereocenters. The summed E-state index contributed by atoms with van der Waals surface area (Å²) in [6.07, 6.45) is 2.71. The van der Waals surface area contributed by atoms with Gasteiger partial charge in [0.1, 0.15) is 6.54 Å². The molecular formula is C12H24N2O3. The van der Waals surface area contributed by atoms with Crippen molar-refractivity contribution in [3.05, 3.63) is 0 Å². The zero-order chi connectivity index (χ0) is 13.1. The molecular weight excluding hydrogens is 220 g/mol. The van der Waals surface area contributed by atoms with Gasteiger partial charge in [0, 0.05) is 13.0 Å².